The third kappa shape index (κ3) is 1.36. The lowest BCUT2D eigenvalue weighted by Crippen LogP contribution is -2.72. The van der Waals surface area contributed by atoms with Crippen LogP contribution in [0.3, 0.4) is 0 Å². The van der Waals surface area contributed by atoms with Gasteiger partial charge in [-0.05, 0) is 48.4 Å². The zero-order valence-corrected chi connectivity index (χ0v) is 10.4. The molecule has 1 unspecified atom stereocenters. The molecule has 4 rings (SSSR count). The average Bonchev–Trinajstić information content (AvgIpc) is 2.19. The van der Waals surface area contributed by atoms with E-state index in [1.807, 2.05) is 0 Å². The summed E-state index contributed by atoms with van der Waals surface area (Å²) in [7, 11) is 0. The number of nitrogens with two attached hydrogens (primary N) is 1. The number of carboxylic acids is 1. The van der Waals surface area contributed by atoms with Gasteiger partial charge in [0.15, 0.2) is 0 Å². The molecule has 1 aromatic rings. The summed E-state index contributed by atoms with van der Waals surface area (Å²) in [5.41, 5.74) is 5.72. The summed E-state index contributed by atoms with van der Waals surface area (Å²) in [5, 5.41) is 9.45. The topological polar surface area (TPSA) is 63.3 Å². The van der Waals surface area contributed by atoms with Crippen LogP contribution in [0, 0.1) is 11.2 Å². The molecule has 3 saturated carbocycles. The number of aliphatic carboxylic acids is 1. The fourth-order valence-corrected chi connectivity index (χ4v) is 3.82. The number of hydrogen-bond donors (Lipinski definition) is 2. The normalized spacial score (nSPS) is 34.4. The first kappa shape index (κ1) is 11.9. The van der Waals surface area contributed by atoms with Crippen LogP contribution in [-0.2, 0) is 10.2 Å². The largest absolute Gasteiger partial charge is 0.480 e. The molecule has 1 atom stereocenters. The Morgan fingerprint density at radius 3 is 2.61 bits per heavy atom. The van der Waals surface area contributed by atoms with Gasteiger partial charge in [-0.15, -0.1) is 0 Å². The fourth-order valence-electron chi connectivity index (χ4n) is 3.65. The molecule has 3 fully saturated rings. The molecule has 5 heteroatoms. The first-order valence-electron chi connectivity index (χ1n) is 5.83. The van der Waals surface area contributed by atoms with Crippen molar-refractivity contribution >= 4 is 17.6 Å². The van der Waals surface area contributed by atoms with Gasteiger partial charge in [-0.25, -0.2) is 4.39 Å². The molecule has 0 aromatic heterocycles. The average molecular weight is 270 g/mol. The SMILES string of the molecule is NC(C(=O)O)C12CC(c3cc(Cl)ccc3F)(C1)C2. The summed E-state index contributed by atoms with van der Waals surface area (Å²) in [6.45, 7) is 0. The van der Waals surface area contributed by atoms with Crippen molar-refractivity contribution in [2.75, 3.05) is 0 Å². The Kier molecular flexibility index (Phi) is 2.29. The Hall–Kier alpha value is -1.13. The number of hydrogen-bond acceptors (Lipinski definition) is 2. The molecule has 3 aliphatic carbocycles. The molecule has 0 heterocycles. The lowest BCUT2D eigenvalue weighted by Gasteiger charge is -2.72. The minimum atomic E-state index is -0.977. The van der Waals surface area contributed by atoms with E-state index >= 15 is 0 Å². The molecule has 96 valence electrons. The van der Waals surface area contributed by atoms with Gasteiger partial charge in [-0.2, -0.15) is 0 Å². The van der Waals surface area contributed by atoms with E-state index in [1.54, 1.807) is 6.07 Å². The molecule has 18 heavy (non-hydrogen) atoms. The van der Waals surface area contributed by atoms with Crippen LogP contribution < -0.4 is 5.73 Å². The number of carboxylic acid groups (broad SMARTS) is 1. The van der Waals surface area contributed by atoms with Gasteiger partial charge in [0.25, 0.3) is 0 Å². The number of benzene rings is 1. The van der Waals surface area contributed by atoms with Crippen LogP contribution in [0.1, 0.15) is 24.8 Å². The Morgan fingerprint density at radius 1 is 1.44 bits per heavy atom. The van der Waals surface area contributed by atoms with E-state index in [1.165, 1.54) is 12.1 Å². The lowest BCUT2D eigenvalue weighted by atomic mass is 9.31. The maximum Gasteiger partial charge on any atom is 0.321 e. The smallest absolute Gasteiger partial charge is 0.321 e. The standard InChI is InChI=1S/C13H13ClFNO2/c14-7-1-2-9(15)8(3-7)12-4-13(5-12,6-12)10(16)11(17)18/h1-3,10H,4-6,16H2,(H,17,18). The van der Waals surface area contributed by atoms with Gasteiger partial charge in [-0.3, -0.25) is 4.79 Å². The molecule has 0 amide bonds. The van der Waals surface area contributed by atoms with Crippen LogP contribution in [-0.4, -0.2) is 17.1 Å². The van der Waals surface area contributed by atoms with Crippen LogP contribution in [0.25, 0.3) is 0 Å². The summed E-state index contributed by atoms with van der Waals surface area (Å²) in [6.07, 6.45) is 1.93. The van der Waals surface area contributed by atoms with Crippen molar-refractivity contribution in [2.45, 2.75) is 30.7 Å². The molecular weight excluding hydrogens is 257 g/mol. The van der Waals surface area contributed by atoms with Crippen molar-refractivity contribution in [3.63, 3.8) is 0 Å². The molecule has 2 bridgehead atoms. The number of carbonyl (C=O) groups is 1. The van der Waals surface area contributed by atoms with E-state index < -0.39 is 12.0 Å². The molecule has 3 nitrogen and oxygen atoms in total. The summed E-state index contributed by atoms with van der Waals surface area (Å²) >= 11 is 5.88. The highest BCUT2D eigenvalue weighted by Gasteiger charge is 2.72. The molecule has 1 aromatic carbocycles. The van der Waals surface area contributed by atoms with Gasteiger partial charge in [0.2, 0.25) is 0 Å². The molecule has 0 aliphatic heterocycles. The second-order valence-electron chi connectivity index (χ2n) is 5.61. The quantitative estimate of drug-likeness (QED) is 0.885. The lowest BCUT2D eigenvalue weighted by molar-refractivity contribution is -0.179. The van der Waals surface area contributed by atoms with E-state index in [0.717, 1.165) is 0 Å². The van der Waals surface area contributed by atoms with E-state index in [4.69, 9.17) is 22.4 Å². The molecule has 0 spiro atoms. The first-order valence-corrected chi connectivity index (χ1v) is 6.20. The maximum absolute atomic E-state index is 13.8. The van der Waals surface area contributed by atoms with Crippen LogP contribution in [0.2, 0.25) is 5.02 Å². The predicted molar refractivity (Wildman–Crippen MR) is 65.0 cm³/mol. The van der Waals surface area contributed by atoms with Crippen molar-refractivity contribution < 1.29 is 14.3 Å². The second kappa shape index (κ2) is 3.45. The summed E-state index contributed by atoms with van der Waals surface area (Å²) in [6, 6.07) is 3.68. The minimum Gasteiger partial charge on any atom is -0.480 e. The van der Waals surface area contributed by atoms with E-state index in [2.05, 4.69) is 0 Å². The van der Waals surface area contributed by atoms with Gasteiger partial charge in [0.1, 0.15) is 11.9 Å². The van der Waals surface area contributed by atoms with Crippen LogP contribution in [0.15, 0.2) is 18.2 Å². The van der Waals surface area contributed by atoms with Gasteiger partial charge < -0.3 is 10.8 Å². The van der Waals surface area contributed by atoms with E-state index in [0.29, 0.717) is 29.8 Å². The van der Waals surface area contributed by atoms with Crippen molar-refractivity contribution in [3.05, 3.63) is 34.6 Å². The molecule has 3 N–H and O–H groups in total. The summed E-state index contributed by atoms with van der Waals surface area (Å²) < 4.78 is 13.8. The summed E-state index contributed by atoms with van der Waals surface area (Å²) in [5.74, 6) is -1.24. The van der Waals surface area contributed by atoms with Gasteiger partial charge >= 0.3 is 5.97 Å². The highest BCUT2D eigenvalue weighted by Crippen LogP contribution is 2.74. The van der Waals surface area contributed by atoms with Crippen molar-refractivity contribution in [3.8, 4) is 0 Å². The van der Waals surface area contributed by atoms with Crippen molar-refractivity contribution in [1.29, 1.82) is 0 Å². The monoisotopic (exact) mass is 269 g/mol. The maximum atomic E-state index is 13.8. The van der Waals surface area contributed by atoms with E-state index in [9.17, 15) is 9.18 Å². The number of rotatable bonds is 3. The minimum absolute atomic E-state index is 0.234. The molecular formula is C13H13ClFNO2. The molecule has 3 aliphatic rings. The van der Waals surface area contributed by atoms with Crippen molar-refractivity contribution in [1.82, 2.24) is 0 Å². The predicted octanol–water partition coefficient (Wildman–Crippen LogP) is 2.31. The third-order valence-corrected chi connectivity index (χ3v) is 4.73. The fraction of sp³-hybridized carbons (Fsp3) is 0.462. The number of halogens is 2. The molecule has 0 radical (unpaired) electrons. The molecule has 0 saturated heterocycles. The van der Waals surface area contributed by atoms with Gasteiger partial charge in [-0.1, -0.05) is 11.6 Å². The summed E-state index contributed by atoms with van der Waals surface area (Å²) in [4.78, 5) is 10.9. The van der Waals surface area contributed by atoms with E-state index in [-0.39, 0.29) is 16.6 Å². The van der Waals surface area contributed by atoms with Gasteiger partial charge in [0.05, 0.1) is 0 Å². The van der Waals surface area contributed by atoms with Crippen LogP contribution in [0.4, 0.5) is 4.39 Å². The highest BCUT2D eigenvalue weighted by molar-refractivity contribution is 6.30. The first-order chi connectivity index (χ1) is 8.39. The highest BCUT2D eigenvalue weighted by atomic mass is 35.5. The third-order valence-electron chi connectivity index (χ3n) is 4.50. The second-order valence-corrected chi connectivity index (χ2v) is 6.05. The Labute approximate surface area is 109 Å². The Morgan fingerprint density at radius 2 is 2.06 bits per heavy atom. The van der Waals surface area contributed by atoms with Crippen molar-refractivity contribution in [2.24, 2.45) is 11.1 Å². The Bertz CT molecular complexity index is 526. The zero-order valence-electron chi connectivity index (χ0n) is 9.62. The van der Waals surface area contributed by atoms with Gasteiger partial charge in [0, 0.05) is 10.4 Å². The Balaban J connectivity index is 1.84. The van der Waals surface area contributed by atoms with Crippen LogP contribution in [0.5, 0.6) is 0 Å². The zero-order chi connectivity index (χ0) is 13.1. The van der Waals surface area contributed by atoms with Crippen LogP contribution >= 0.6 is 11.6 Å².